The van der Waals surface area contributed by atoms with E-state index in [1.807, 2.05) is 18.2 Å². The summed E-state index contributed by atoms with van der Waals surface area (Å²) < 4.78 is 13.4. The third-order valence-electron chi connectivity index (χ3n) is 4.05. The Morgan fingerprint density at radius 2 is 2.00 bits per heavy atom. The molecular formula is C20H16ClFN2O3S. The molecule has 8 heteroatoms. The molecule has 5 nitrogen and oxygen atoms in total. The Labute approximate surface area is 169 Å². The summed E-state index contributed by atoms with van der Waals surface area (Å²) in [5.41, 5.74) is 1.91. The molecule has 1 heterocycles. The van der Waals surface area contributed by atoms with Crippen molar-refractivity contribution in [2.75, 3.05) is 5.32 Å². The zero-order valence-electron chi connectivity index (χ0n) is 14.6. The normalized spacial score (nSPS) is 11.8. The number of halogens is 2. The average Bonchev–Trinajstić information content (AvgIpc) is 3.09. The summed E-state index contributed by atoms with van der Waals surface area (Å²) in [4.78, 5) is 28.1. The fourth-order valence-electron chi connectivity index (χ4n) is 2.75. The fraction of sp³-hybridized carbons (Fsp3) is 0.150. The van der Waals surface area contributed by atoms with Crippen LogP contribution in [0, 0.1) is 11.7 Å². The van der Waals surface area contributed by atoms with Crippen LogP contribution in [0.25, 0.3) is 11.3 Å². The van der Waals surface area contributed by atoms with E-state index in [2.05, 4.69) is 10.3 Å². The summed E-state index contributed by atoms with van der Waals surface area (Å²) in [6.07, 6.45) is -0.260. The molecule has 0 radical (unpaired) electrons. The Morgan fingerprint density at radius 1 is 1.21 bits per heavy atom. The van der Waals surface area contributed by atoms with E-state index in [9.17, 15) is 14.0 Å². The highest BCUT2D eigenvalue weighted by Crippen LogP contribution is 2.30. The number of thiazole rings is 1. The Kier molecular flexibility index (Phi) is 6.38. The highest BCUT2D eigenvalue weighted by Gasteiger charge is 2.23. The van der Waals surface area contributed by atoms with Gasteiger partial charge < -0.3 is 10.4 Å². The first-order valence-electron chi connectivity index (χ1n) is 8.40. The molecule has 2 N–H and O–H groups in total. The standard InChI is InChI=1S/C20H16ClFN2O3S/c21-16-7-2-1-6-15(16)17-11-28-20(23-17)24-19(27)13(10-18(25)26)8-12-4-3-5-14(22)9-12/h1-7,9,11,13H,8,10H2,(H,25,26)(H,23,24,27)/t13-/m1/s1. The van der Waals surface area contributed by atoms with Gasteiger partial charge >= 0.3 is 5.97 Å². The molecule has 0 saturated heterocycles. The lowest BCUT2D eigenvalue weighted by molar-refractivity contribution is -0.140. The van der Waals surface area contributed by atoms with Crippen LogP contribution in [0.15, 0.2) is 53.9 Å². The van der Waals surface area contributed by atoms with Crippen molar-refractivity contribution in [3.8, 4) is 11.3 Å². The number of hydrogen-bond acceptors (Lipinski definition) is 4. The molecule has 28 heavy (non-hydrogen) atoms. The number of nitrogens with zero attached hydrogens (tertiary/aromatic N) is 1. The minimum absolute atomic E-state index is 0.110. The van der Waals surface area contributed by atoms with Crippen LogP contribution < -0.4 is 5.32 Å². The molecule has 0 aliphatic carbocycles. The van der Waals surface area contributed by atoms with Gasteiger partial charge in [0.15, 0.2) is 5.13 Å². The van der Waals surface area contributed by atoms with Gasteiger partial charge in [0, 0.05) is 16.0 Å². The van der Waals surface area contributed by atoms with Crippen molar-refractivity contribution in [3.05, 3.63) is 70.3 Å². The average molecular weight is 419 g/mol. The molecule has 0 saturated carbocycles. The lowest BCUT2D eigenvalue weighted by atomic mass is 9.95. The number of carbonyl (C=O) groups excluding carboxylic acids is 1. The highest BCUT2D eigenvalue weighted by atomic mass is 35.5. The van der Waals surface area contributed by atoms with Crippen molar-refractivity contribution >= 4 is 39.9 Å². The Morgan fingerprint density at radius 3 is 2.71 bits per heavy atom. The molecule has 2 aromatic carbocycles. The molecule has 0 fully saturated rings. The largest absolute Gasteiger partial charge is 0.481 e. The van der Waals surface area contributed by atoms with E-state index in [-0.39, 0.29) is 12.8 Å². The molecule has 0 aliphatic rings. The van der Waals surface area contributed by atoms with Gasteiger partial charge in [0.25, 0.3) is 0 Å². The second kappa shape index (κ2) is 8.95. The molecule has 0 unspecified atom stereocenters. The van der Waals surface area contributed by atoms with Crippen LogP contribution in [0.4, 0.5) is 9.52 Å². The third kappa shape index (κ3) is 5.15. The molecule has 1 aromatic heterocycles. The predicted octanol–water partition coefficient (Wildman–Crippen LogP) is 4.87. The molecule has 3 aromatic rings. The zero-order chi connectivity index (χ0) is 20.1. The Hall–Kier alpha value is -2.77. The van der Waals surface area contributed by atoms with Crippen LogP contribution in [-0.2, 0) is 16.0 Å². The van der Waals surface area contributed by atoms with Gasteiger partial charge in [0.2, 0.25) is 5.91 Å². The second-order valence-corrected chi connectivity index (χ2v) is 7.40. The lowest BCUT2D eigenvalue weighted by Crippen LogP contribution is -2.27. The number of aliphatic carboxylic acids is 1. The van der Waals surface area contributed by atoms with Gasteiger partial charge in [-0.3, -0.25) is 9.59 Å². The number of amides is 1. The first-order chi connectivity index (χ1) is 13.4. The van der Waals surface area contributed by atoms with Gasteiger partial charge in [-0.25, -0.2) is 9.37 Å². The zero-order valence-corrected chi connectivity index (χ0v) is 16.1. The van der Waals surface area contributed by atoms with E-state index in [1.165, 1.54) is 29.5 Å². The number of benzene rings is 2. The molecule has 144 valence electrons. The first kappa shape index (κ1) is 20.0. The van der Waals surface area contributed by atoms with Gasteiger partial charge in [0.05, 0.1) is 18.0 Å². The smallest absolute Gasteiger partial charge is 0.304 e. The second-order valence-electron chi connectivity index (χ2n) is 6.14. The number of nitrogens with one attached hydrogen (secondary N) is 1. The fourth-order valence-corrected chi connectivity index (χ4v) is 3.69. The van der Waals surface area contributed by atoms with Crippen LogP contribution in [0.2, 0.25) is 5.02 Å². The quantitative estimate of drug-likeness (QED) is 0.573. The van der Waals surface area contributed by atoms with Gasteiger partial charge in [-0.15, -0.1) is 11.3 Å². The summed E-state index contributed by atoms with van der Waals surface area (Å²) in [7, 11) is 0. The number of carboxylic acids is 1. The molecule has 3 rings (SSSR count). The maximum absolute atomic E-state index is 13.4. The number of hydrogen-bond donors (Lipinski definition) is 2. The van der Waals surface area contributed by atoms with Crippen molar-refractivity contribution in [2.45, 2.75) is 12.8 Å². The summed E-state index contributed by atoms with van der Waals surface area (Å²) in [6, 6.07) is 13.0. The predicted molar refractivity (Wildman–Crippen MR) is 107 cm³/mol. The van der Waals surface area contributed by atoms with Crippen LogP contribution >= 0.6 is 22.9 Å². The number of carbonyl (C=O) groups is 2. The van der Waals surface area contributed by atoms with Crippen molar-refractivity contribution in [2.24, 2.45) is 5.92 Å². The highest BCUT2D eigenvalue weighted by molar-refractivity contribution is 7.14. The van der Waals surface area contributed by atoms with E-state index in [0.29, 0.717) is 21.4 Å². The minimum atomic E-state index is -1.10. The van der Waals surface area contributed by atoms with Crippen LogP contribution in [0.3, 0.4) is 0 Å². The molecule has 1 amide bonds. The molecule has 0 spiro atoms. The van der Waals surface area contributed by atoms with E-state index >= 15 is 0 Å². The number of rotatable bonds is 7. The monoisotopic (exact) mass is 418 g/mol. The summed E-state index contributed by atoms with van der Waals surface area (Å²) in [5.74, 6) is -2.87. The summed E-state index contributed by atoms with van der Waals surface area (Å²) in [5, 5.41) is 14.4. The van der Waals surface area contributed by atoms with Gasteiger partial charge in [-0.2, -0.15) is 0 Å². The van der Waals surface area contributed by atoms with Gasteiger partial charge in [-0.05, 0) is 30.2 Å². The van der Waals surface area contributed by atoms with Crippen molar-refractivity contribution in [3.63, 3.8) is 0 Å². The van der Waals surface area contributed by atoms with E-state index in [0.717, 1.165) is 5.56 Å². The Balaban J connectivity index is 1.75. The van der Waals surface area contributed by atoms with Crippen molar-refractivity contribution in [1.82, 2.24) is 4.98 Å². The maximum atomic E-state index is 13.4. The molecule has 0 bridgehead atoms. The number of carboxylic acid groups (broad SMARTS) is 1. The third-order valence-corrected chi connectivity index (χ3v) is 5.13. The number of aromatic nitrogens is 1. The van der Waals surface area contributed by atoms with Gasteiger partial charge in [-0.1, -0.05) is 41.9 Å². The SMILES string of the molecule is O=C(O)C[C@@H](Cc1cccc(F)c1)C(=O)Nc1nc(-c2ccccc2Cl)cs1. The summed E-state index contributed by atoms with van der Waals surface area (Å²) >= 11 is 7.38. The van der Waals surface area contributed by atoms with Crippen molar-refractivity contribution < 1.29 is 19.1 Å². The Bertz CT molecular complexity index is 1010. The van der Waals surface area contributed by atoms with E-state index in [1.54, 1.807) is 17.5 Å². The number of anilines is 1. The van der Waals surface area contributed by atoms with E-state index < -0.39 is 23.6 Å². The molecule has 1 atom stereocenters. The molecular weight excluding hydrogens is 403 g/mol. The van der Waals surface area contributed by atoms with Crippen molar-refractivity contribution in [1.29, 1.82) is 0 Å². The summed E-state index contributed by atoms with van der Waals surface area (Å²) in [6.45, 7) is 0. The maximum Gasteiger partial charge on any atom is 0.304 e. The first-order valence-corrected chi connectivity index (χ1v) is 9.65. The lowest BCUT2D eigenvalue weighted by Gasteiger charge is -2.14. The van der Waals surface area contributed by atoms with E-state index in [4.69, 9.17) is 16.7 Å². The van der Waals surface area contributed by atoms with Crippen LogP contribution in [0.5, 0.6) is 0 Å². The van der Waals surface area contributed by atoms with Gasteiger partial charge in [0.1, 0.15) is 5.82 Å². The topological polar surface area (TPSA) is 79.3 Å². The van der Waals surface area contributed by atoms with Crippen LogP contribution in [-0.4, -0.2) is 22.0 Å². The minimum Gasteiger partial charge on any atom is -0.481 e. The van der Waals surface area contributed by atoms with Crippen LogP contribution in [0.1, 0.15) is 12.0 Å². The molecule has 0 aliphatic heterocycles.